The summed E-state index contributed by atoms with van der Waals surface area (Å²) < 4.78 is 18.2. The summed E-state index contributed by atoms with van der Waals surface area (Å²) in [7, 11) is 5.39. The summed E-state index contributed by atoms with van der Waals surface area (Å²) in [5, 5.41) is 50.4. The van der Waals surface area contributed by atoms with Gasteiger partial charge in [-0.15, -0.1) is 0 Å². The molecule has 2 aromatic rings. The lowest BCUT2D eigenvalue weighted by Gasteiger charge is -2.41. The summed E-state index contributed by atoms with van der Waals surface area (Å²) >= 11 is 0. The topological polar surface area (TPSA) is 188 Å². The van der Waals surface area contributed by atoms with Gasteiger partial charge in [-0.25, -0.2) is 0 Å². The number of Topliss-reactive ketones (excluding diaryl/α,β-unsaturated/α-hetero) is 1. The van der Waals surface area contributed by atoms with Crippen molar-refractivity contribution in [2.45, 2.75) is 88.9 Å². The number of phenolic OH excluding ortho intramolecular Hbond substituents is 1. The van der Waals surface area contributed by atoms with Crippen LogP contribution in [0, 0.1) is 35.5 Å². The van der Waals surface area contributed by atoms with Crippen molar-refractivity contribution in [2.75, 3.05) is 32.9 Å². The third-order valence-corrected chi connectivity index (χ3v) is 13.9. The third kappa shape index (κ3) is 9.15. The number of aliphatic hydroxyl groups is 3. The second-order valence-electron chi connectivity index (χ2n) is 14.7. The summed E-state index contributed by atoms with van der Waals surface area (Å²) in [5.74, 6) is 8.04. The van der Waals surface area contributed by atoms with Gasteiger partial charge in [-0.3, -0.25) is 15.1 Å². The molecule has 0 unspecified atom stereocenters. The Kier molecular flexibility index (Phi) is 13.3. The second-order valence-corrected chi connectivity index (χ2v) is 17.4. The van der Waals surface area contributed by atoms with E-state index in [0.29, 0.717) is 66.7 Å². The monoisotopic (exact) mass is 768 g/mol. The predicted molar refractivity (Wildman–Crippen MR) is 207 cm³/mol. The Morgan fingerprint density at radius 2 is 1.92 bits per heavy atom. The van der Waals surface area contributed by atoms with E-state index in [0.717, 1.165) is 28.9 Å². The number of nitrogens with one attached hydrogen (secondary N) is 2. The van der Waals surface area contributed by atoms with E-state index in [9.17, 15) is 25.2 Å². The molecule has 12 nitrogen and oxygen atoms in total. The normalized spacial score (nSPS) is 27.7. The number of benzene rings is 2. The van der Waals surface area contributed by atoms with Crippen molar-refractivity contribution in [2.24, 2.45) is 34.4 Å². The molecule has 288 valence electrons. The molecule has 0 saturated heterocycles. The first-order valence-corrected chi connectivity index (χ1v) is 20.9. The highest BCUT2D eigenvalue weighted by molar-refractivity contribution is 8.77. The first-order chi connectivity index (χ1) is 25.6. The summed E-state index contributed by atoms with van der Waals surface area (Å²) in [5.41, 5.74) is 10.1. The minimum Gasteiger partial charge on any atom is -0.504 e. The van der Waals surface area contributed by atoms with E-state index >= 15 is 0 Å². The molecule has 7 atom stereocenters. The summed E-state index contributed by atoms with van der Waals surface area (Å²) in [6.07, 6.45) is 1.13. The van der Waals surface area contributed by atoms with E-state index in [1.807, 2.05) is 10.8 Å². The molecular formula is C39H52N4O8S2. The van der Waals surface area contributed by atoms with Gasteiger partial charge in [0, 0.05) is 65.8 Å². The zero-order chi connectivity index (χ0) is 37.6. The molecule has 0 aromatic heterocycles. The van der Waals surface area contributed by atoms with Gasteiger partial charge in [-0.05, 0) is 68.2 Å². The highest BCUT2D eigenvalue weighted by Gasteiger charge is 2.43. The molecule has 8 N–H and O–H groups in total. The fourth-order valence-corrected chi connectivity index (χ4v) is 11.3. The average molecular weight is 769 g/mol. The van der Waals surface area contributed by atoms with Crippen LogP contribution in [0.15, 0.2) is 23.2 Å². The molecule has 0 fully saturated rings. The number of hydrogen-bond donors (Lipinski definition) is 7. The minimum absolute atomic E-state index is 0.00143. The number of aliphatic imine (C=N–C) groups is 1. The Morgan fingerprint density at radius 3 is 2.70 bits per heavy atom. The summed E-state index contributed by atoms with van der Waals surface area (Å²) in [6, 6.07) is 5.39. The van der Waals surface area contributed by atoms with Crippen molar-refractivity contribution in [3.8, 4) is 34.8 Å². The number of fused-ring (bicyclic) bond motifs is 6. The maximum absolute atomic E-state index is 13.5. The standard InChI is InChI=1S/C39H52N4O8S2/c1-21(2)31-18-52-53-34-12-9-23-13-25-14-24(5-4-6-27-22(7-10-26(45)15-33(23)47)8-11-32(46)36(27)50-20-44)35(49-19-41-3)37-28(25)16-29(38(48)51-37)30(34)17-42-39(40)43-31/h8,11,14,21,23,29-31,33-34,38,41,44,46-48H,5,7,9-10,12-13,15-20H2,1-3H3,(H3,40,42,43)/t23-,29-,30-,31-,33+,34-,38+/m1/s1. The maximum atomic E-state index is 13.5. The number of phenols is 1. The lowest BCUT2D eigenvalue weighted by molar-refractivity contribution is -0.121. The number of nitrogens with zero attached hydrogens (tertiary/aromatic N) is 1. The number of nitrogens with two attached hydrogens (primary N) is 1. The molecule has 53 heavy (non-hydrogen) atoms. The van der Waals surface area contributed by atoms with Crippen molar-refractivity contribution < 1.29 is 39.4 Å². The van der Waals surface area contributed by atoms with Gasteiger partial charge in [0.15, 0.2) is 35.8 Å². The quantitative estimate of drug-likeness (QED) is 0.129. The van der Waals surface area contributed by atoms with E-state index in [-0.39, 0.29) is 72.3 Å². The average Bonchev–Trinajstić information content (AvgIpc) is 3.12. The number of aliphatic hydroxyl groups excluding tert-OH is 3. The number of rotatable bonds is 6. The number of ketones is 1. The molecule has 0 spiro atoms. The second kappa shape index (κ2) is 17.9. The Hall–Kier alpha value is -3.32. The minimum atomic E-state index is -1.14. The number of aryl methyl sites for hydroxylation is 1. The summed E-state index contributed by atoms with van der Waals surface area (Å²) in [6.45, 7) is 4.24. The first kappa shape index (κ1) is 39.4. The largest absolute Gasteiger partial charge is 0.504 e. The molecule has 6 rings (SSSR count). The lowest BCUT2D eigenvalue weighted by atomic mass is 9.75. The molecular weight excluding hydrogens is 717 g/mol. The first-order valence-electron chi connectivity index (χ1n) is 18.5. The van der Waals surface area contributed by atoms with E-state index in [1.165, 1.54) is 6.07 Å². The maximum Gasteiger partial charge on any atom is 0.201 e. The van der Waals surface area contributed by atoms with Crippen molar-refractivity contribution in [3.63, 3.8) is 0 Å². The van der Waals surface area contributed by atoms with Crippen LogP contribution < -0.4 is 30.6 Å². The van der Waals surface area contributed by atoms with Crippen LogP contribution in [0.1, 0.15) is 67.3 Å². The molecule has 2 heterocycles. The smallest absolute Gasteiger partial charge is 0.201 e. The van der Waals surface area contributed by atoms with Crippen molar-refractivity contribution in [3.05, 3.63) is 46.0 Å². The molecule has 0 saturated carbocycles. The van der Waals surface area contributed by atoms with Gasteiger partial charge in [0.25, 0.3) is 0 Å². The SMILES string of the molecule is CNCOc1c2cc3c4c1O[C@H](O)[C@H](C4)[C@H]1CN=C(N)N[C@@H](C(C)C)CSS[C@@H]1CC[C@H](C3)[C@@H](O)CC(=O)CCc1ccc(O)c(OCO)c1C#CC2. The van der Waals surface area contributed by atoms with Crippen LogP contribution in [-0.2, 0) is 30.5 Å². The Bertz CT molecular complexity index is 1730. The Balaban J connectivity index is 1.48. The molecule has 2 aromatic carbocycles. The van der Waals surface area contributed by atoms with E-state index in [2.05, 4.69) is 42.4 Å². The zero-order valence-corrected chi connectivity index (χ0v) is 32.2. The van der Waals surface area contributed by atoms with Crippen molar-refractivity contribution in [1.82, 2.24) is 10.6 Å². The molecule has 2 aliphatic carbocycles. The Labute approximate surface area is 319 Å². The van der Waals surface area contributed by atoms with Gasteiger partial charge in [-0.1, -0.05) is 59.4 Å². The van der Waals surface area contributed by atoms with E-state index in [4.69, 9.17) is 24.9 Å². The number of ether oxygens (including phenoxy) is 3. The van der Waals surface area contributed by atoms with Crippen LogP contribution in [0.4, 0.5) is 0 Å². The van der Waals surface area contributed by atoms with Crippen LogP contribution >= 0.6 is 21.6 Å². The third-order valence-electron chi connectivity index (χ3n) is 10.9. The zero-order valence-electron chi connectivity index (χ0n) is 30.6. The molecule has 0 radical (unpaired) electrons. The van der Waals surface area contributed by atoms with Crippen LogP contribution in [0.5, 0.6) is 23.0 Å². The predicted octanol–water partition coefficient (Wildman–Crippen LogP) is 3.27. The number of carbonyl (C=O) groups is 1. The number of hydrogen-bond acceptors (Lipinski definition) is 14. The van der Waals surface area contributed by atoms with Gasteiger partial charge >= 0.3 is 0 Å². The molecule has 14 heteroatoms. The van der Waals surface area contributed by atoms with Gasteiger partial charge in [0.05, 0.1) is 11.7 Å². The summed E-state index contributed by atoms with van der Waals surface area (Å²) in [4.78, 5) is 18.3. The molecule has 4 aliphatic rings. The van der Waals surface area contributed by atoms with Crippen molar-refractivity contribution in [1.29, 1.82) is 0 Å². The van der Waals surface area contributed by atoms with Gasteiger partial charge in [-0.2, -0.15) is 0 Å². The fourth-order valence-electron chi connectivity index (χ4n) is 7.83. The van der Waals surface area contributed by atoms with Crippen LogP contribution in [0.3, 0.4) is 0 Å². The van der Waals surface area contributed by atoms with E-state index in [1.54, 1.807) is 23.9 Å². The van der Waals surface area contributed by atoms with Gasteiger partial charge in [0.1, 0.15) is 12.5 Å². The van der Waals surface area contributed by atoms with Gasteiger partial charge in [0.2, 0.25) is 6.29 Å². The Morgan fingerprint density at radius 1 is 1.09 bits per heavy atom. The van der Waals surface area contributed by atoms with Crippen molar-refractivity contribution >= 4 is 33.3 Å². The molecule has 5 bridgehead atoms. The van der Waals surface area contributed by atoms with Crippen LogP contribution in [0.25, 0.3) is 0 Å². The molecule has 0 amide bonds. The van der Waals surface area contributed by atoms with Crippen LogP contribution in [-0.4, -0.2) is 88.7 Å². The number of carbonyl (C=O) groups excluding carboxylic acids is 1. The molecule has 2 aliphatic heterocycles. The lowest BCUT2D eigenvalue weighted by Crippen LogP contribution is -2.47. The fraction of sp³-hybridized carbons (Fsp3) is 0.590. The van der Waals surface area contributed by atoms with Gasteiger partial charge < -0.3 is 45.7 Å². The highest BCUT2D eigenvalue weighted by atomic mass is 33.1. The number of aromatic hydroxyl groups is 1. The highest BCUT2D eigenvalue weighted by Crippen LogP contribution is 2.49. The van der Waals surface area contributed by atoms with E-state index < -0.39 is 19.2 Å². The number of guanidine groups is 1. The van der Waals surface area contributed by atoms with Crippen LogP contribution in [0.2, 0.25) is 0 Å².